The van der Waals surface area contributed by atoms with Gasteiger partial charge in [-0.05, 0) is 50.9 Å². The van der Waals surface area contributed by atoms with E-state index in [-0.39, 0.29) is 18.7 Å². The van der Waals surface area contributed by atoms with E-state index in [0.29, 0.717) is 5.75 Å². The van der Waals surface area contributed by atoms with Crippen LogP contribution < -0.4 is 10.1 Å². The van der Waals surface area contributed by atoms with Gasteiger partial charge in [0.05, 0.1) is 6.61 Å². The zero-order valence-electron chi connectivity index (χ0n) is 10.9. The molecule has 0 aromatic heterocycles. The van der Waals surface area contributed by atoms with Gasteiger partial charge in [0, 0.05) is 11.6 Å². The zero-order valence-corrected chi connectivity index (χ0v) is 10.9. The Labute approximate surface area is 107 Å². The number of ether oxygens (including phenoxy) is 2. The summed E-state index contributed by atoms with van der Waals surface area (Å²) in [7, 11) is 1.84. The van der Waals surface area contributed by atoms with Crippen molar-refractivity contribution < 1.29 is 13.9 Å². The third-order valence-corrected chi connectivity index (χ3v) is 3.22. The van der Waals surface area contributed by atoms with E-state index in [2.05, 4.69) is 5.32 Å². The lowest BCUT2D eigenvalue weighted by Crippen LogP contribution is -2.15. The van der Waals surface area contributed by atoms with E-state index in [1.54, 1.807) is 6.07 Å². The minimum absolute atomic E-state index is 0.0409. The lowest BCUT2D eigenvalue weighted by atomic mass is 10.1. The molecule has 1 aromatic carbocycles. The molecule has 0 bridgehead atoms. The fourth-order valence-corrected chi connectivity index (χ4v) is 1.75. The molecule has 1 N–H and O–H groups in total. The van der Waals surface area contributed by atoms with Gasteiger partial charge in [0.2, 0.25) is 0 Å². The van der Waals surface area contributed by atoms with Crippen LogP contribution in [0.1, 0.15) is 31.4 Å². The topological polar surface area (TPSA) is 30.5 Å². The van der Waals surface area contributed by atoms with Crippen LogP contribution in [0.3, 0.4) is 0 Å². The van der Waals surface area contributed by atoms with Gasteiger partial charge in [-0.3, -0.25) is 0 Å². The first-order valence-corrected chi connectivity index (χ1v) is 6.38. The SMILES string of the molecule is CNC(C)c1cc(F)ccc1OCOCC1CC1. The third kappa shape index (κ3) is 3.68. The van der Waals surface area contributed by atoms with Crippen molar-refractivity contribution in [2.45, 2.75) is 25.8 Å². The first kappa shape index (κ1) is 13.3. The molecule has 0 spiro atoms. The number of hydrogen-bond donors (Lipinski definition) is 1. The van der Waals surface area contributed by atoms with Crippen molar-refractivity contribution in [3.8, 4) is 5.75 Å². The molecule has 0 aliphatic heterocycles. The second kappa shape index (κ2) is 6.16. The normalized spacial score (nSPS) is 16.6. The second-order valence-electron chi connectivity index (χ2n) is 4.77. The highest BCUT2D eigenvalue weighted by Gasteiger charge is 2.21. The Morgan fingerprint density at radius 3 is 2.89 bits per heavy atom. The molecule has 1 aliphatic rings. The number of rotatable bonds is 7. The van der Waals surface area contributed by atoms with E-state index < -0.39 is 0 Å². The maximum absolute atomic E-state index is 13.2. The smallest absolute Gasteiger partial charge is 0.189 e. The van der Waals surface area contributed by atoms with Crippen LogP contribution in [0.5, 0.6) is 5.75 Å². The summed E-state index contributed by atoms with van der Waals surface area (Å²) in [4.78, 5) is 0. The summed E-state index contributed by atoms with van der Waals surface area (Å²) >= 11 is 0. The van der Waals surface area contributed by atoms with Crippen LogP contribution in [-0.4, -0.2) is 20.4 Å². The van der Waals surface area contributed by atoms with E-state index in [4.69, 9.17) is 9.47 Å². The lowest BCUT2D eigenvalue weighted by molar-refractivity contribution is 0.00921. The summed E-state index contributed by atoms with van der Waals surface area (Å²) in [6, 6.07) is 4.59. The molecule has 0 radical (unpaired) electrons. The highest BCUT2D eigenvalue weighted by molar-refractivity contribution is 5.36. The summed E-state index contributed by atoms with van der Waals surface area (Å²) in [6.07, 6.45) is 2.52. The molecule has 1 aromatic rings. The van der Waals surface area contributed by atoms with E-state index in [0.717, 1.165) is 18.1 Å². The maximum atomic E-state index is 13.2. The predicted molar refractivity (Wildman–Crippen MR) is 68.0 cm³/mol. The van der Waals surface area contributed by atoms with Crippen LogP contribution in [0, 0.1) is 11.7 Å². The van der Waals surface area contributed by atoms with Gasteiger partial charge in [-0.15, -0.1) is 0 Å². The number of benzene rings is 1. The average Bonchev–Trinajstić information content (AvgIpc) is 3.19. The molecule has 100 valence electrons. The minimum atomic E-state index is -0.252. The second-order valence-corrected chi connectivity index (χ2v) is 4.77. The molecular weight excluding hydrogens is 233 g/mol. The molecule has 0 saturated heterocycles. The van der Waals surface area contributed by atoms with Crippen molar-refractivity contribution in [1.29, 1.82) is 0 Å². The molecule has 1 fully saturated rings. The number of hydrogen-bond acceptors (Lipinski definition) is 3. The van der Waals surface area contributed by atoms with E-state index >= 15 is 0 Å². The highest BCUT2D eigenvalue weighted by Crippen LogP contribution is 2.29. The van der Waals surface area contributed by atoms with Gasteiger partial charge in [-0.25, -0.2) is 4.39 Å². The quantitative estimate of drug-likeness (QED) is 0.598. The molecule has 2 rings (SSSR count). The van der Waals surface area contributed by atoms with Crippen LogP contribution in [0.25, 0.3) is 0 Å². The maximum Gasteiger partial charge on any atom is 0.189 e. The van der Waals surface area contributed by atoms with Crippen LogP contribution in [0.15, 0.2) is 18.2 Å². The van der Waals surface area contributed by atoms with Crippen molar-refractivity contribution in [3.05, 3.63) is 29.6 Å². The van der Waals surface area contributed by atoms with Gasteiger partial charge >= 0.3 is 0 Å². The van der Waals surface area contributed by atoms with Crippen LogP contribution >= 0.6 is 0 Å². The summed E-state index contributed by atoms with van der Waals surface area (Å²) < 4.78 is 24.2. The van der Waals surface area contributed by atoms with Crippen LogP contribution in [-0.2, 0) is 4.74 Å². The fraction of sp³-hybridized carbons (Fsp3) is 0.571. The Morgan fingerprint density at radius 2 is 2.22 bits per heavy atom. The number of halogens is 1. The summed E-state index contributed by atoms with van der Waals surface area (Å²) in [5.74, 6) is 1.14. The molecule has 18 heavy (non-hydrogen) atoms. The van der Waals surface area contributed by atoms with Gasteiger partial charge in [0.25, 0.3) is 0 Å². The Morgan fingerprint density at radius 1 is 1.44 bits per heavy atom. The molecular formula is C14H20FNO2. The zero-order chi connectivity index (χ0) is 13.0. The predicted octanol–water partition coefficient (Wildman–Crippen LogP) is 2.87. The van der Waals surface area contributed by atoms with Gasteiger partial charge < -0.3 is 14.8 Å². The Hall–Kier alpha value is -1.13. The highest BCUT2D eigenvalue weighted by atomic mass is 19.1. The largest absolute Gasteiger partial charge is 0.467 e. The van der Waals surface area contributed by atoms with Crippen molar-refractivity contribution in [1.82, 2.24) is 5.32 Å². The Kier molecular flexibility index (Phi) is 4.55. The molecule has 4 heteroatoms. The fourth-order valence-electron chi connectivity index (χ4n) is 1.75. The average molecular weight is 253 g/mol. The van der Waals surface area contributed by atoms with Gasteiger partial charge in [-0.1, -0.05) is 0 Å². The Balaban J connectivity index is 1.92. The van der Waals surface area contributed by atoms with E-state index in [1.165, 1.54) is 25.0 Å². The van der Waals surface area contributed by atoms with E-state index in [1.807, 2.05) is 14.0 Å². The summed E-state index contributed by atoms with van der Waals surface area (Å²) in [5, 5.41) is 3.08. The van der Waals surface area contributed by atoms with Crippen LogP contribution in [0.4, 0.5) is 4.39 Å². The van der Waals surface area contributed by atoms with Crippen molar-refractivity contribution in [2.24, 2.45) is 5.92 Å². The molecule has 0 amide bonds. The molecule has 1 unspecified atom stereocenters. The van der Waals surface area contributed by atoms with Gasteiger partial charge in [-0.2, -0.15) is 0 Å². The molecule has 0 heterocycles. The molecule has 1 aliphatic carbocycles. The van der Waals surface area contributed by atoms with Gasteiger partial charge in [0.15, 0.2) is 6.79 Å². The van der Waals surface area contributed by atoms with Crippen molar-refractivity contribution >= 4 is 0 Å². The lowest BCUT2D eigenvalue weighted by Gasteiger charge is -2.16. The van der Waals surface area contributed by atoms with Gasteiger partial charge in [0.1, 0.15) is 11.6 Å². The van der Waals surface area contributed by atoms with Crippen molar-refractivity contribution in [3.63, 3.8) is 0 Å². The Bertz CT molecular complexity index is 393. The number of nitrogens with one attached hydrogen (secondary N) is 1. The van der Waals surface area contributed by atoms with Crippen LogP contribution in [0.2, 0.25) is 0 Å². The van der Waals surface area contributed by atoms with E-state index in [9.17, 15) is 4.39 Å². The van der Waals surface area contributed by atoms with Crippen molar-refractivity contribution in [2.75, 3.05) is 20.4 Å². The molecule has 3 nitrogen and oxygen atoms in total. The summed E-state index contributed by atoms with van der Waals surface area (Å²) in [5.41, 5.74) is 0.813. The first-order chi connectivity index (χ1) is 8.70. The molecule has 1 saturated carbocycles. The monoisotopic (exact) mass is 253 g/mol. The standard InChI is InChI=1S/C14H20FNO2/c1-10(16-2)13-7-12(15)5-6-14(13)18-9-17-8-11-3-4-11/h5-7,10-11,16H,3-4,8-9H2,1-2H3. The minimum Gasteiger partial charge on any atom is -0.467 e. The molecule has 1 atom stereocenters. The third-order valence-electron chi connectivity index (χ3n) is 3.22. The first-order valence-electron chi connectivity index (χ1n) is 6.38. The summed E-state index contributed by atoms with van der Waals surface area (Å²) in [6.45, 7) is 2.95.